The predicted octanol–water partition coefficient (Wildman–Crippen LogP) is 5.90. The molecule has 14 heteroatoms. The molecule has 0 unspecified atom stereocenters. The van der Waals surface area contributed by atoms with Crippen molar-refractivity contribution in [2.45, 2.75) is 41.2 Å². The van der Waals surface area contributed by atoms with Gasteiger partial charge in [-0.05, 0) is 91.8 Å². The molecule has 2 heterocycles. The zero-order valence-electron chi connectivity index (χ0n) is 19.9. The van der Waals surface area contributed by atoms with Crippen molar-refractivity contribution in [1.29, 1.82) is 0 Å². The molecule has 0 spiro atoms. The van der Waals surface area contributed by atoms with Gasteiger partial charge in [0.2, 0.25) is 0 Å². The maximum absolute atomic E-state index is 13.3. The first-order valence-electron chi connectivity index (χ1n) is 10.9. The molecule has 1 aliphatic heterocycles. The molecule has 200 valence electrons. The van der Waals surface area contributed by atoms with Gasteiger partial charge in [0.25, 0.3) is 15.9 Å². The van der Waals surface area contributed by atoms with Gasteiger partial charge in [0.1, 0.15) is 11.4 Å². The maximum atomic E-state index is 13.3. The SMILES string of the molecule is CC1(C)C(=O)N(c2ccc(SC(F)(F)F)cc2)C(=O)N1Cc1ccnc(NS(=O)(=O)c2ccc(Cl)cc2)c1. The lowest BCUT2D eigenvalue weighted by Gasteiger charge is -2.27. The molecule has 4 rings (SSSR count). The molecule has 2 aromatic carbocycles. The molecular weight excluding hydrogens is 565 g/mol. The van der Waals surface area contributed by atoms with Gasteiger partial charge in [0, 0.05) is 22.7 Å². The number of amides is 3. The van der Waals surface area contributed by atoms with Gasteiger partial charge in [-0.2, -0.15) is 13.2 Å². The molecule has 0 aliphatic carbocycles. The second-order valence-electron chi connectivity index (χ2n) is 8.72. The molecule has 3 amide bonds. The summed E-state index contributed by atoms with van der Waals surface area (Å²) in [6.07, 6.45) is 1.36. The van der Waals surface area contributed by atoms with E-state index in [1.807, 2.05) is 0 Å². The fraction of sp³-hybridized carbons (Fsp3) is 0.208. The van der Waals surface area contributed by atoms with E-state index in [2.05, 4.69) is 9.71 Å². The number of anilines is 2. The largest absolute Gasteiger partial charge is 0.446 e. The Kier molecular flexibility index (Phi) is 7.38. The van der Waals surface area contributed by atoms with E-state index in [1.165, 1.54) is 65.7 Å². The highest BCUT2D eigenvalue weighted by Gasteiger charge is 2.51. The van der Waals surface area contributed by atoms with Crippen LogP contribution in [0.3, 0.4) is 0 Å². The molecule has 1 fully saturated rings. The summed E-state index contributed by atoms with van der Waals surface area (Å²) >= 11 is 5.52. The summed E-state index contributed by atoms with van der Waals surface area (Å²) in [5.74, 6) is -0.556. The van der Waals surface area contributed by atoms with Crippen LogP contribution in [0, 0.1) is 0 Å². The predicted molar refractivity (Wildman–Crippen MR) is 137 cm³/mol. The number of nitrogens with zero attached hydrogens (tertiary/aromatic N) is 3. The molecule has 0 radical (unpaired) electrons. The Morgan fingerprint density at radius 1 is 1.03 bits per heavy atom. The van der Waals surface area contributed by atoms with Gasteiger partial charge in [0.15, 0.2) is 0 Å². The lowest BCUT2D eigenvalue weighted by atomic mass is 10.0. The van der Waals surface area contributed by atoms with Crippen molar-refractivity contribution in [3.63, 3.8) is 0 Å². The topological polar surface area (TPSA) is 99.7 Å². The van der Waals surface area contributed by atoms with Crippen molar-refractivity contribution in [2.75, 3.05) is 9.62 Å². The molecule has 1 aromatic heterocycles. The van der Waals surface area contributed by atoms with Crippen LogP contribution in [-0.4, -0.2) is 41.3 Å². The summed E-state index contributed by atoms with van der Waals surface area (Å²) in [5, 5.41) is 0.377. The molecule has 1 aliphatic rings. The quantitative estimate of drug-likeness (QED) is 0.274. The van der Waals surface area contributed by atoms with Crippen LogP contribution in [0.2, 0.25) is 5.02 Å². The van der Waals surface area contributed by atoms with Crippen molar-refractivity contribution >= 4 is 56.8 Å². The third-order valence-electron chi connectivity index (χ3n) is 5.68. The normalized spacial score (nSPS) is 15.7. The number of alkyl halides is 3. The van der Waals surface area contributed by atoms with Crippen LogP contribution in [0.25, 0.3) is 0 Å². The molecule has 8 nitrogen and oxygen atoms in total. The highest BCUT2D eigenvalue weighted by molar-refractivity contribution is 8.00. The van der Waals surface area contributed by atoms with Crippen LogP contribution in [0.15, 0.2) is 76.7 Å². The number of halogens is 4. The number of carbonyl (C=O) groups excluding carboxylic acids is 2. The standard InChI is InChI=1S/C24H20ClF3N4O4S2/c1-23(2)21(33)32(17-5-7-18(8-6-17)37-24(26,27)28)22(34)31(23)14-15-11-12-29-20(13-15)30-38(35,36)19-9-3-16(25)4-10-19/h3-13H,14H2,1-2H3,(H,29,30). The molecule has 0 saturated carbocycles. The third-order valence-corrected chi connectivity index (χ3v) is 8.04. The number of aromatic nitrogens is 1. The second kappa shape index (κ2) is 10.1. The highest BCUT2D eigenvalue weighted by atomic mass is 35.5. The van der Waals surface area contributed by atoms with Gasteiger partial charge in [0.05, 0.1) is 10.6 Å². The van der Waals surface area contributed by atoms with E-state index in [0.29, 0.717) is 10.6 Å². The number of hydrogen-bond donors (Lipinski definition) is 1. The Morgan fingerprint density at radius 2 is 1.66 bits per heavy atom. The molecule has 1 saturated heterocycles. The van der Waals surface area contributed by atoms with E-state index in [9.17, 15) is 31.2 Å². The van der Waals surface area contributed by atoms with E-state index in [0.717, 1.165) is 4.90 Å². The number of carbonyl (C=O) groups is 2. The summed E-state index contributed by atoms with van der Waals surface area (Å²) in [7, 11) is -3.96. The lowest BCUT2D eigenvalue weighted by Crippen LogP contribution is -2.43. The minimum atomic E-state index is -4.47. The monoisotopic (exact) mass is 584 g/mol. The Bertz CT molecular complexity index is 1480. The van der Waals surface area contributed by atoms with Gasteiger partial charge < -0.3 is 4.90 Å². The Labute approximate surface area is 225 Å². The smallest absolute Gasteiger partial charge is 0.305 e. The van der Waals surface area contributed by atoms with Crippen LogP contribution < -0.4 is 9.62 Å². The van der Waals surface area contributed by atoms with Crippen LogP contribution >= 0.6 is 23.4 Å². The van der Waals surface area contributed by atoms with Gasteiger partial charge >= 0.3 is 11.5 Å². The summed E-state index contributed by atoms with van der Waals surface area (Å²) in [6.45, 7) is 3.03. The van der Waals surface area contributed by atoms with E-state index in [1.54, 1.807) is 19.9 Å². The van der Waals surface area contributed by atoms with Gasteiger partial charge in [-0.25, -0.2) is 23.1 Å². The maximum Gasteiger partial charge on any atom is 0.446 e. The summed E-state index contributed by atoms with van der Waals surface area (Å²) < 4.78 is 65.7. The van der Waals surface area contributed by atoms with E-state index in [-0.39, 0.29) is 39.6 Å². The average molecular weight is 585 g/mol. The molecule has 0 bridgehead atoms. The number of pyridine rings is 1. The van der Waals surface area contributed by atoms with Gasteiger partial charge in [-0.3, -0.25) is 9.52 Å². The summed E-state index contributed by atoms with van der Waals surface area (Å²) in [5.41, 5.74) is -5.13. The Balaban J connectivity index is 1.54. The van der Waals surface area contributed by atoms with Crippen LogP contribution in [0.4, 0.5) is 29.5 Å². The molecule has 38 heavy (non-hydrogen) atoms. The number of urea groups is 1. The Morgan fingerprint density at radius 3 is 2.26 bits per heavy atom. The van der Waals surface area contributed by atoms with Crippen molar-refractivity contribution in [2.24, 2.45) is 0 Å². The fourth-order valence-corrected chi connectivity index (χ4v) is 5.41. The number of imide groups is 1. The molecule has 0 atom stereocenters. The Hall–Kier alpha value is -3.29. The zero-order valence-corrected chi connectivity index (χ0v) is 22.2. The summed E-state index contributed by atoms with van der Waals surface area (Å²) in [4.78, 5) is 32.6. The molecule has 1 N–H and O–H groups in total. The van der Waals surface area contributed by atoms with Crippen molar-refractivity contribution in [3.8, 4) is 0 Å². The number of rotatable bonds is 7. The van der Waals surface area contributed by atoms with Gasteiger partial charge in [-0.1, -0.05) is 11.6 Å². The lowest BCUT2D eigenvalue weighted by molar-refractivity contribution is -0.123. The first kappa shape index (κ1) is 27.7. The number of thioether (sulfide) groups is 1. The first-order valence-corrected chi connectivity index (χ1v) is 13.6. The number of hydrogen-bond acceptors (Lipinski definition) is 6. The van der Waals surface area contributed by atoms with E-state index < -0.39 is 33.0 Å². The van der Waals surface area contributed by atoms with Crippen LogP contribution in [0.5, 0.6) is 0 Å². The minimum Gasteiger partial charge on any atom is -0.305 e. The van der Waals surface area contributed by atoms with E-state index >= 15 is 0 Å². The molecular formula is C24H20ClF3N4O4S2. The first-order chi connectivity index (χ1) is 17.7. The fourth-order valence-electron chi connectivity index (χ4n) is 3.75. The van der Waals surface area contributed by atoms with Crippen molar-refractivity contribution < 1.29 is 31.2 Å². The highest BCUT2D eigenvalue weighted by Crippen LogP contribution is 2.39. The molecule has 3 aromatic rings. The average Bonchev–Trinajstić information content (AvgIpc) is 2.98. The number of nitrogens with one attached hydrogen (secondary N) is 1. The third kappa shape index (κ3) is 5.89. The van der Waals surface area contributed by atoms with Crippen molar-refractivity contribution in [3.05, 3.63) is 77.4 Å². The number of benzene rings is 2. The summed E-state index contributed by atoms with van der Waals surface area (Å²) in [6, 6.07) is 12.8. The van der Waals surface area contributed by atoms with Crippen LogP contribution in [0.1, 0.15) is 19.4 Å². The van der Waals surface area contributed by atoms with E-state index in [4.69, 9.17) is 11.6 Å². The van der Waals surface area contributed by atoms with Crippen LogP contribution in [-0.2, 0) is 21.4 Å². The second-order valence-corrected chi connectivity index (χ2v) is 12.0. The minimum absolute atomic E-state index is 0.00263. The zero-order chi connectivity index (χ0) is 27.9. The van der Waals surface area contributed by atoms with Crippen molar-refractivity contribution in [1.82, 2.24) is 9.88 Å². The van der Waals surface area contributed by atoms with Gasteiger partial charge in [-0.15, -0.1) is 0 Å². The number of sulfonamides is 1.